The molecule has 0 saturated carbocycles. The number of allylic oxidation sites excluding steroid dienone is 4. The Hall–Kier alpha value is -6.77. The van der Waals surface area contributed by atoms with E-state index in [0.29, 0.717) is 5.56 Å². The van der Waals surface area contributed by atoms with Crippen molar-refractivity contribution < 1.29 is 0 Å². The molecule has 0 spiro atoms. The van der Waals surface area contributed by atoms with E-state index in [1.807, 2.05) is 12.1 Å². The highest BCUT2D eigenvalue weighted by Gasteiger charge is 2.37. The van der Waals surface area contributed by atoms with Gasteiger partial charge < -0.3 is 4.57 Å². The van der Waals surface area contributed by atoms with Crippen molar-refractivity contribution in [2.45, 2.75) is 47.1 Å². The molecule has 0 amide bonds. The van der Waals surface area contributed by atoms with Crippen LogP contribution in [-0.4, -0.2) is 4.57 Å². The molecule has 0 saturated heterocycles. The Bertz CT molecular complexity index is 2880. The lowest BCUT2D eigenvalue weighted by atomic mass is 10.1. The van der Waals surface area contributed by atoms with Crippen molar-refractivity contribution in [3.63, 3.8) is 0 Å². The highest BCUT2D eigenvalue weighted by molar-refractivity contribution is 8.37. The second kappa shape index (κ2) is 15.5. The van der Waals surface area contributed by atoms with E-state index in [1.165, 1.54) is 49.9 Å². The summed E-state index contributed by atoms with van der Waals surface area (Å²) in [5.41, 5.74) is 3.95. The first kappa shape index (κ1) is 36.6. The molecule has 8 aromatic carbocycles. The van der Waals surface area contributed by atoms with Gasteiger partial charge in [-0.05, 0) is 139 Å². The molecule has 284 valence electrons. The first-order chi connectivity index (χ1) is 29.2. The van der Waals surface area contributed by atoms with E-state index in [0.717, 1.165) is 29.6 Å². The van der Waals surface area contributed by atoms with Crippen molar-refractivity contribution in [1.29, 1.82) is 5.26 Å². The predicted octanol–water partition coefficient (Wildman–Crippen LogP) is 15.5. The predicted molar refractivity (Wildman–Crippen MR) is 247 cm³/mol. The van der Waals surface area contributed by atoms with Crippen molar-refractivity contribution in [2.24, 2.45) is 0 Å². The number of nitriles is 1. The third-order valence-corrected chi connectivity index (χ3v) is 19.5. The third kappa shape index (κ3) is 6.05. The molecule has 0 N–H and O–H groups in total. The Labute approximate surface area is 349 Å². The van der Waals surface area contributed by atoms with Crippen LogP contribution in [0.1, 0.15) is 18.4 Å². The molecule has 0 radical (unpaired) electrons. The second-order valence-corrected chi connectivity index (χ2v) is 21.0. The number of nitrogens with zero attached hydrogens (tertiary/aromatic N) is 2. The van der Waals surface area contributed by atoms with E-state index in [4.69, 9.17) is 0 Å². The van der Waals surface area contributed by atoms with Gasteiger partial charge in [0.25, 0.3) is 0 Å². The maximum Gasteiger partial charge on any atom is 0.0991 e. The number of hydrogen-bond acceptors (Lipinski definition) is 1. The minimum absolute atomic E-state index is 0.648. The lowest BCUT2D eigenvalue weighted by Crippen LogP contribution is -2.08. The smallest absolute Gasteiger partial charge is 0.0991 e. The summed E-state index contributed by atoms with van der Waals surface area (Å²) >= 11 is 0. The summed E-state index contributed by atoms with van der Waals surface area (Å²) in [7, 11) is -3.79. The van der Waals surface area contributed by atoms with Crippen molar-refractivity contribution in [3.05, 3.63) is 241 Å². The number of rotatable bonds is 9. The fraction of sp³-hybridized carbons (Fsp3) is 0.0364. The van der Waals surface area contributed by atoms with Crippen molar-refractivity contribution in [1.82, 2.24) is 4.57 Å². The summed E-state index contributed by atoms with van der Waals surface area (Å²) in [5, 5.41) is 12.1. The van der Waals surface area contributed by atoms with Crippen LogP contribution < -0.4 is 0 Å². The van der Waals surface area contributed by atoms with Gasteiger partial charge in [0.1, 0.15) is 0 Å². The normalized spacial score (nSPS) is 13.5. The van der Waals surface area contributed by atoms with Gasteiger partial charge in [-0.1, -0.05) is 109 Å². The van der Waals surface area contributed by atoms with Crippen LogP contribution in [0.15, 0.2) is 270 Å². The monoisotopic (exact) mass is 794 g/mol. The van der Waals surface area contributed by atoms with Gasteiger partial charge in [-0.2, -0.15) is 5.26 Å². The van der Waals surface area contributed by atoms with Crippen LogP contribution in [0.25, 0.3) is 27.5 Å². The van der Waals surface area contributed by atoms with E-state index in [2.05, 4.69) is 229 Å². The lowest BCUT2D eigenvalue weighted by molar-refractivity contribution is 1.01. The number of aromatic nitrogens is 1. The van der Waals surface area contributed by atoms with Crippen LogP contribution in [-0.2, 0) is 0 Å². The maximum atomic E-state index is 9.73. The average molecular weight is 795 g/mol. The molecule has 4 heteroatoms. The highest BCUT2D eigenvalue weighted by atomic mass is 32.3. The topological polar surface area (TPSA) is 28.7 Å². The van der Waals surface area contributed by atoms with Crippen LogP contribution in [0.4, 0.5) is 0 Å². The van der Waals surface area contributed by atoms with Gasteiger partial charge in [0.05, 0.1) is 22.7 Å². The van der Waals surface area contributed by atoms with E-state index in [9.17, 15) is 5.26 Å². The molecule has 2 nitrogen and oxygen atoms in total. The minimum atomic E-state index is -1.93. The first-order valence-electron chi connectivity index (χ1n) is 20.1. The van der Waals surface area contributed by atoms with E-state index in [-0.39, 0.29) is 0 Å². The fourth-order valence-corrected chi connectivity index (χ4v) is 17.0. The van der Waals surface area contributed by atoms with Crippen LogP contribution >= 0.6 is 20.1 Å². The molecule has 10 rings (SSSR count). The van der Waals surface area contributed by atoms with Crippen LogP contribution in [0.2, 0.25) is 0 Å². The Morgan fingerprint density at radius 1 is 0.424 bits per heavy atom. The van der Waals surface area contributed by atoms with Gasteiger partial charge in [0.2, 0.25) is 0 Å². The maximum absolute atomic E-state index is 9.73. The van der Waals surface area contributed by atoms with Crippen LogP contribution in [0, 0.1) is 11.3 Å². The van der Waals surface area contributed by atoms with Crippen molar-refractivity contribution in [3.8, 4) is 11.8 Å². The molecule has 59 heavy (non-hydrogen) atoms. The first-order valence-corrected chi connectivity index (χ1v) is 23.4. The minimum Gasteiger partial charge on any atom is -0.309 e. The number of benzene rings is 8. The molecule has 1 aliphatic rings. The zero-order valence-corrected chi connectivity index (χ0v) is 34.2. The summed E-state index contributed by atoms with van der Waals surface area (Å²) in [6.07, 6.45) is 8.96. The van der Waals surface area contributed by atoms with E-state index < -0.39 is 20.1 Å². The molecule has 0 bridgehead atoms. The summed E-state index contributed by atoms with van der Waals surface area (Å²) in [5.74, 6) is 0. The summed E-state index contributed by atoms with van der Waals surface area (Å²) < 4.78 is 2.38. The Kier molecular flexibility index (Phi) is 9.62. The van der Waals surface area contributed by atoms with Gasteiger partial charge in [0.15, 0.2) is 0 Å². The van der Waals surface area contributed by atoms with Gasteiger partial charge in [0, 0.05) is 50.7 Å². The van der Waals surface area contributed by atoms with Gasteiger partial charge in [-0.15, -0.1) is 20.1 Å². The zero-order chi connectivity index (χ0) is 39.7. The molecule has 0 unspecified atom stereocenters. The molecule has 1 aliphatic carbocycles. The van der Waals surface area contributed by atoms with E-state index in [1.54, 1.807) is 0 Å². The SMILES string of the molecule is N#Cc1ccc(-n2c3ccc(S(C4=CC=CCC4)(c4ccccc4)c4ccccc4)cc3c3cc(S(c4ccccc4)(c4ccccc4)c4ccccc4)ccc32)cc1. The van der Waals surface area contributed by atoms with Gasteiger partial charge >= 0.3 is 0 Å². The Balaban J connectivity index is 1.34. The van der Waals surface area contributed by atoms with Crippen LogP contribution in [0.5, 0.6) is 0 Å². The van der Waals surface area contributed by atoms with Crippen molar-refractivity contribution >= 4 is 41.9 Å². The largest absolute Gasteiger partial charge is 0.309 e. The fourth-order valence-electron chi connectivity index (χ4n) is 8.96. The molecule has 1 heterocycles. The van der Waals surface area contributed by atoms with Crippen molar-refractivity contribution in [2.75, 3.05) is 0 Å². The molecule has 0 atom stereocenters. The molecule has 0 aliphatic heterocycles. The standard InChI is InChI=1S/C55H42N2S2/c56-41-42-31-33-43(34-32-42)57-54-37-35-50(58(44-19-7-1-8-20-44,45-21-9-2-10-22-45)46-23-11-3-12-24-46)39-52(54)53-40-51(36-38-55(53)57)59(47-25-13-4-14-26-47,48-27-15-5-16-28-48)49-29-17-6-18-30-49/h1-17,19-29,31-40H,18,30H2. The van der Waals surface area contributed by atoms with E-state index >= 15 is 0 Å². The quantitative estimate of drug-likeness (QED) is 0.143. The summed E-state index contributed by atoms with van der Waals surface area (Å²) in [4.78, 5) is 10.6. The lowest BCUT2D eigenvalue weighted by Gasteiger charge is -2.44. The zero-order valence-electron chi connectivity index (χ0n) is 32.6. The number of hydrogen-bond donors (Lipinski definition) is 0. The molecule has 1 aromatic heterocycles. The Morgan fingerprint density at radius 2 is 0.831 bits per heavy atom. The van der Waals surface area contributed by atoms with Gasteiger partial charge in [-0.3, -0.25) is 0 Å². The molecular formula is C55H42N2S2. The summed E-state index contributed by atoms with van der Waals surface area (Å²) in [6, 6.07) is 80.4. The van der Waals surface area contributed by atoms with Crippen LogP contribution in [0.3, 0.4) is 0 Å². The third-order valence-electron chi connectivity index (χ3n) is 11.5. The summed E-state index contributed by atoms with van der Waals surface area (Å²) in [6.45, 7) is 0. The molecule has 9 aromatic rings. The Morgan fingerprint density at radius 3 is 1.22 bits per heavy atom. The molecular weight excluding hydrogens is 753 g/mol. The highest BCUT2D eigenvalue weighted by Crippen LogP contribution is 2.76. The van der Waals surface area contributed by atoms with Gasteiger partial charge in [-0.25, -0.2) is 0 Å². The number of fused-ring (bicyclic) bond motifs is 3. The average Bonchev–Trinajstić information content (AvgIpc) is 3.65. The second-order valence-electron chi connectivity index (χ2n) is 14.7. The molecule has 0 fully saturated rings.